The van der Waals surface area contributed by atoms with Crippen molar-refractivity contribution in [3.63, 3.8) is 0 Å². The number of halogens is 1. The largest absolute Gasteiger partial charge is 0.341 e. The Bertz CT molecular complexity index is 781. The van der Waals surface area contributed by atoms with E-state index < -0.39 is 0 Å². The normalized spacial score (nSPS) is 19.0. The molecule has 1 unspecified atom stereocenters. The molecule has 0 radical (unpaired) electrons. The summed E-state index contributed by atoms with van der Waals surface area (Å²) in [5, 5.41) is 0. The smallest absolute Gasteiger partial charge is 0.124 e. The molecule has 4 rings (SSSR count). The van der Waals surface area contributed by atoms with E-state index in [4.69, 9.17) is 4.98 Å². The van der Waals surface area contributed by atoms with Crippen LogP contribution in [0, 0.1) is 0 Å². The third-order valence-electron chi connectivity index (χ3n) is 4.37. The summed E-state index contributed by atoms with van der Waals surface area (Å²) in [6.45, 7) is 2.13. The van der Waals surface area contributed by atoms with Crippen LogP contribution in [0.15, 0.2) is 53.0 Å². The van der Waals surface area contributed by atoms with Gasteiger partial charge in [-0.2, -0.15) is 0 Å². The van der Waals surface area contributed by atoms with E-state index in [2.05, 4.69) is 68.3 Å². The van der Waals surface area contributed by atoms with Gasteiger partial charge in [0.2, 0.25) is 0 Å². The Morgan fingerprint density at radius 3 is 2.91 bits per heavy atom. The number of hydrogen-bond acceptors (Lipinski definition) is 2. The van der Waals surface area contributed by atoms with Crippen LogP contribution in [0.3, 0.4) is 0 Å². The molecule has 0 bridgehead atoms. The Morgan fingerprint density at radius 1 is 1.18 bits per heavy atom. The number of imidazole rings is 1. The number of aromatic nitrogens is 2. The number of hydrogen-bond donors (Lipinski definition) is 1. The third kappa shape index (κ3) is 2.69. The van der Waals surface area contributed by atoms with Crippen LogP contribution in [0.2, 0.25) is 0 Å². The molecule has 1 atom stereocenters. The van der Waals surface area contributed by atoms with Gasteiger partial charge >= 0.3 is 0 Å². The summed E-state index contributed by atoms with van der Waals surface area (Å²) >= 11 is 3.52. The van der Waals surface area contributed by atoms with Crippen molar-refractivity contribution in [2.45, 2.75) is 25.4 Å². The molecule has 1 aromatic heterocycles. The van der Waals surface area contributed by atoms with Gasteiger partial charge in [0.05, 0.1) is 17.1 Å². The van der Waals surface area contributed by atoms with Crippen molar-refractivity contribution in [2.24, 2.45) is 0 Å². The Labute approximate surface area is 138 Å². The SMILES string of the molecule is Brc1ccc2nc(C3CCCN3Cc3ccccc3)[nH]c2c1. The van der Waals surface area contributed by atoms with E-state index in [9.17, 15) is 0 Å². The molecule has 22 heavy (non-hydrogen) atoms. The predicted octanol–water partition coefficient (Wildman–Crippen LogP) is 4.66. The molecule has 1 fully saturated rings. The van der Waals surface area contributed by atoms with Gasteiger partial charge in [0.15, 0.2) is 0 Å². The number of likely N-dealkylation sites (tertiary alicyclic amines) is 1. The minimum atomic E-state index is 0.395. The molecule has 0 aliphatic carbocycles. The number of nitrogens with zero attached hydrogens (tertiary/aromatic N) is 2. The highest BCUT2D eigenvalue weighted by atomic mass is 79.9. The Hall–Kier alpha value is -1.65. The molecule has 3 nitrogen and oxygen atoms in total. The van der Waals surface area contributed by atoms with Gasteiger partial charge in [-0.25, -0.2) is 4.98 Å². The summed E-state index contributed by atoms with van der Waals surface area (Å²) in [4.78, 5) is 10.9. The summed E-state index contributed by atoms with van der Waals surface area (Å²) in [5.41, 5.74) is 3.52. The van der Waals surface area contributed by atoms with Crippen LogP contribution in [0.25, 0.3) is 11.0 Å². The molecule has 0 amide bonds. The zero-order valence-electron chi connectivity index (χ0n) is 12.3. The number of fused-ring (bicyclic) bond motifs is 1. The standard InChI is InChI=1S/C18H18BrN3/c19-14-8-9-15-16(11-14)21-18(20-15)17-7-4-10-22(17)12-13-5-2-1-3-6-13/h1-3,5-6,8-9,11,17H,4,7,10,12H2,(H,20,21). The fraction of sp³-hybridized carbons (Fsp3) is 0.278. The van der Waals surface area contributed by atoms with Gasteiger partial charge in [-0.3, -0.25) is 4.90 Å². The molecule has 0 saturated carbocycles. The minimum absolute atomic E-state index is 0.395. The highest BCUT2D eigenvalue weighted by molar-refractivity contribution is 9.10. The second-order valence-electron chi connectivity index (χ2n) is 5.90. The zero-order chi connectivity index (χ0) is 14.9. The predicted molar refractivity (Wildman–Crippen MR) is 92.6 cm³/mol. The van der Waals surface area contributed by atoms with Gasteiger partial charge in [0.1, 0.15) is 5.82 Å². The monoisotopic (exact) mass is 355 g/mol. The highest BCUT2D eigenvalue weighted by Gasteiger charge is 2.28. The number of rotatable bonds is 3. The molecular weight excluding hydrogens is 338 g/mol. The van der Waals surface area contributed by atoms with Gasteiger partial charge in [0.25, 0.3) is 0 Å². The van der Waals surface area contributed by atoms with Crippen LogP contribution in [0.4, 0.5) is 0 Å². The Kier molecular flexibility index (Phi) is 3.72. The van der Waals surface area contributed by atoms with E-state index in [0.29, 0.717) is 6.04 Å². The van der Waals surface area contributed by atoms with Crippen molar-refractivity contribution in [1.29, 1.82) is 0 Å². The molecule has 1 aliphatic heterocycles. The molecule has 1 N–H and O–H groups in total. The third-order valence-corrected chi connectivity index (χ3v) is 4.86. The van der Waals surface area contributed by atoms with Gasteiger partial charge in [0, 0.05) is 11.0 Å². The number of H-pyrrole nitrogens is 1. The molecule has 2 heterocycles. The Morgan fingerprint density at radius 2 is 2.05 bits per heavy atom. The van der Waals surface area contributed by atoms with Gasteiger partial charge < -0.3 is 4.98 Å². The number of nitrogens with one attached hydrogen (secondary N) is 1. The second kappa shape index (κ2) is 5.86. The van der Waals surface area contributed by atoms with E-state index in [0.717, 1.165) is 34.4 Å². The van der Waals surface area contributed by atoms with Crippen LogP contribution in [-0.2, 0) is 6.54 Å². The first-order valence-electron chi connectivity index (χ1n) is 7.73. The second-order valence-corrected chi connectivity index (χ2v) is 6.81. The van der Waals surface area contributed by atoms with Crippen LogP contribution < -0.4 is 0 Å². The first kappa shape index (κ1) is 14.0. The average molecular weight is 356 g/mol. The van der Waals surface area contributed by atoms with Crippen molar-refractivity contribution >= 4 is 27.0 Å². The maximum absolute atomic E-state index is 4.81. The number of aromatic amines is 1. The van der Waals surface area contributed by atoms with Crippen LogP contribution in [0.1, 0.15) is 30.3 Å². The van der Waals surface area contributed by atoms with Crippen LogP contribution in [-0.4, -0.2) is 21.4 Å². The average Bonchev–Trinajstić information content (AvgIpc) is 3.14. The van der Waals surface area contributed by atoms with E-state index in [1.165, 1.54) is 18.4 Å². The van der Waals surface area contributed by atoms with Crippen LogP contribution >= 0.6 is 15.9 Å². The maximum Gasteiger partial charge on any atom is 0.124 e. The molecular formula is C18H18BrN3. The zero-order valence-corrected chi connectivity index (χ0v) is 13.9. The van der Waals surface area contributed by atoms with Crippen LogP contribution in [0.5, 0.6) is 0 Å². The molecule has 3 aromatic rings. The quantitative estimate of drug-likeness (QED) is 0.740. The number of benzene rings is 2. The lowest BCUT2D eigenvalue weighted by atomic mass is 10.2. The van der Waals surface area contributed by atoms with E-state index in [-0.39, 0.29) is 0 Å². The summed E-state index contributed by atoms with van der Waals surface area (Å²) < 4.78 is 1.09. The minimum Gasteiger partial charge on any atom is -0.341 e. The van der Waals surface area contributed by atoms with E-state index in [1.54, 1.807) is 0 Å². The lowest BCUT2D eigenvalue weighted by molar-refractivity contribution is 0.241. The van der Waals surface area contributed by atoms with Gasteiger partial charge in [-0.1, -0.05) is 46.3 Å². The summed E-state index contributed by atoms with van der Waals surface area (Å²) in [5.74, 6) is 1.10. The fourth-order valence-electron chi connectivity index (χ4n) is 3.30. The highest BCUT2D eigenvalue weighted by Crippen LogP contribution is 2.33. The fourth-order valence-corrected chi connectivity index (χ4v) is 3.66. The van der Waals surface area contributed by atoms with Gasteiger partial charge in [-0.05, 0) is 43.1 Å². The molecule has 1 saturated heterocycles. The lowest BCUT2D eigenvalue weighted by Crippen LogP contribution is -2.23. The Balaban J connectivity index is 1.61. The topological polar surface area (TPSA) is 31.9 Å². The summed E-state index contributed by atoms with van der Waals surface area (Å²) in [6.07, 6.45) is 2.41. The van der Waals surface area contributed by atoms with Crippen molar-refractivity contribution in [3.05, 3.63) is 64.4 Å². The van der Waals surface area contributed by atoms with Crippen molar-refractivity contribution in [3.8, 4) is 0 Å². The molecule has 112 valence electrons. The first-order chi connectivity index (χ1) is 10.8. The lowest BCUT2D eigenvalue weighted by Gasteiger charge is -2.22. The molecule has 2 aromatic carbocycles. The summed E-state index contributed by atoms with van der Waals surface area (Å²) in [7, 11) is 0. The molecule has 4 heteroatoms. The van der Waals surface area contributed by atoms with E-state index >= 15 is 0 Å². The summed E-state index contributed by atoms with van der Waals surface area (Å²) in [6, 6.07) is 17.3. The van der Waals surface area contributed by atoms with Gasteiger partial charge in [-0.15, -0.1) is 0 Å². The molecule has 0 spiro atoms. The van der Waals surface area contributed by atoms with Crippen molar-refractivity contribution in [2.75, 3.05) is 6.54 Å². The molecule has 1 aliphatic rings. The maximum atomic E-state index is 4.81. The van der Waals surface area contributed by atoms with Crippen molar-refractivity contribution in [1.82, 2.24) is 14.9 Å². The van der Waals surface area contributed by atoms with Crippen molar-refractivity contribution < 1.29 is 0 Å². The first-order valence-corrected chi connectivity index (χ1v) is 8.52. The van der Waals surface area contributed by atoms with E-state index in [1.807, 2.05) is 6.07 Å².